The van der Waals surface area contributed by atoms with Gasteiger partial charge in [-0.25, -0.2) is 0 Å². The number of halogens is 1. The molecule has 1 unspecified atom stereocenters. The van der Waals surface area contributed by atoms with E-state index in [1.165, 1.54) is 5.56 Å². The first-order valence-corrected chi connectivity index (χ1v) is 6.68. The Hall–Kier alpha value is -1.39. The quantitative estimate of drug-likeness (QED) is 0.935. The number of pyridine rings is 1. The van der Waals surface area contributed by atoms with Crippen LogP contribution >= 0.6 is 11.6 Å². The third kappa shape index (κ3) is 2.96. The van der Waals surface area contributed by atoms with Crippen LogP contribution in [-0.4, -0.2) is 21.8 Å². The van der Waals surface area contributed by atoms with E-state index in [2.05, 4.69) is 28.4 Å². The smallest absolute Gasteiger partial charge is 0.130 e. The van der Waals surface area contributed by atoms with Crippen LogP contribution in [0.3, 0.4) is 0 Å². The summed E-state index contributed by atoms with van der Waals surface area (Å²) in [6, 6.07) is 4.24. The Morgan fingerprint density at radius 2 is 2.16 bits per heavy atom. The van der Waals surface area contributed by atoms with Gasteiger partial charge in [-0.1, -0.05) is 11.6 Å². The summed E-state index contributed by atoms with van der Waals surface area (Å²) < 4.78 is 1.71. The zero-order valence-electron chi connectivity index (χ0n) is 11.7. The van der Waals surface area contributed by atoms with E-state index in [1.807, 2.05) is 33.3 Å². The maximum atomic E-state index is 6.29. The molecule has 1 N–H and O–H groups in total. The molecule has 0 saturated heterocycles. The molecule has 19 heavy (non-hydrogen) atoms. The standard InChI is InChI=1S/C14H19ClN4/c1-9-5-6-17-13(7-9)12(16-3)8-11-10(2)18-19(4)14(11)15/h5-7,12,16H,8H2,1-4H3. The van der Waals surface area contributed by atoms with Crippen molar-refractivity contribution in [1.82, 2.24) is 20.1 Å². The largest absolute Gasteiger partial charge is 0.311 e. The van der Waals surface area contributed by atoms with E-state index in [-0.39, 0.29) is 6.04 Å². The first-order chi connectivity index (χ1) is 9.02. The second-order valence-corrected chi connectivity index (χ2v) is 5.14. The van der Waals surface area contributed by atoms with Gasteiger partial charge >= 0.3 is 0 Å². The number of likely N-dealkylation sites (N-methyl/N-ethyl adjacent to an activating group) is 1. The molecule has 0 aliphatic heterocycles. The highest BCUT2D eigenvalue weighted by Gasteiger charge is 2.18. The van der Waals surface area contributed by atoms with E-state index in [4.69, 9.17) is 11.6 Å². The SMILES string of the molecule is CNC(Cc1c(C)nn(C)c1Cl)c1cc(C)ccn1. The Labute approximate surface area is 118 Å². The van der Waals surface area contributed by atoms with Gasteiger partial charge in [0.05, 0.1) is 17.4 Å². The Bertz CT molecular complexity index is 577. The zero-order valence-corrected chi connectivity index (χ0v) is 12.5. The second kappa shape index (κ2) is 5.72. The first-order valence-electron chi connectivity index (χ1n) is 6.30. The Morgan fingerprint density at radius 3 is 2.68 bits per heavy atom. The van der Waals surface area contributed by atoms with Crippen LogP contribution in [0.2, 0.25) is 5.15 Å². The first kappa shape index (κ1) is 14.0. The van der Waals surface area contributed by atoms with E-state index in [0.29, 0.717) is 5.15 Å². The van der Waals surface area contributed by atoms with E-state index in [1.54, 1.807) is 4.68 Å². The molecular weight excluding hydrogens is 260 g/mol. The lowest BCUT2D eigenvalue weighted by molar-refractivity contribution is 0.574. The molecule has 2 heterocycles. The number of rotatable bonds is 4. The van der Waals surface area contributed by atoms with Gasteiger partial charge in [-0.05, 0) is 45.0 Å². The van der Waals surface area contributed by atoms with Crippen LogP contribution in [0, 0.1) is 13.8 Å². The molecule has 0 radical (unpaired) electrons. The Balaban J connectivity index is 2.29. The van der Waals surface area contributed by atoms with Crippen molar-refractivity contribution in [2.24, 2.45) is 7.05 Å². The maximum Gasteiger partial charge on any atom is 0.130 e. The molecule has 2 aromatic heterocycles. The normalized spacial score (nSPS) is 12.7. The highest BCUT2D eigenvalue weighted by atomic mass is 35.5. The van der Waals surface area contributed by atoms with Crippen molar-refractivity contribution in [2.75, 3.05) is 7.05 Å². The van der Waals surface area contributed by atoms with Crippen LogP contribution in [0.4, 0.5) is 0 Å². The summed E-state index contributed by atoms with van der Waals surface area (Å²) in [6.07, 6.45) is 2.62. The number of aryl methyl sites for hydroxylation is 3. The lowest BCUT2D eigenvalue weighted by Gasteiger charge is -2.16. The van der Waals surface area contributed by atoms with E-state index >= 15 is 0 Å². The van der Waals surface area contributed by atoms with Crippen molar-refractivity contribution in [3.8, 4) is 0 Å². The fraction of sp³-hybridized carbons (Fsp3) is 0.429. The molecule has 0 aliphatic rings. The third-order valence-corrected chi connectivity index (χ3v) is 3.79. The van der Waals surface area contributed by atoms with Crippen LogP contribution in [0.15, 0.2) is 18.3 Å². The number of hydrogen-bond donors (Lipinski definition) is 1. The number of nitrogens with zero attached hydrogens (tertiary/aromatic N) is 3. The van der Waals surface area contributed by atoms with Crippen molar-refractivity contribution < 1.29 is 0 Å². The number of aromatic nitrogens is 3. The predicted octanol–water partition coefficient (Wildman–Crippen LogP) is 2.59. The Morgan fingerprint density at radius 1 is 1.42 bits per heavy atom. The molecular formula is C14H19ClN4. The van der Waals surface area contributed by atoms with Crippen molar-refractivity contribution >= 4 is 11.6 Å². The van der Waals surface area contributed by atoms with Crippen LogP contribution < -0.4 is 5.32 Å². The van der Waals surface area contributed by atoms with Gasteiger partial charge in [-0.3, -0.25) is 9.67 Å². The van der Waals surface area contributed by atoms with Crippen molar-refractivity contribution in [1.29, 1.82) is 0 Å². The summed E-state index contributed by atoms with van der Waals surface area (Å²) in [5, 5.41) is 8.34. The minimum absolute atomic E-state index is 0.139. The summed E-state index contributed by atoms with van der Waals surface area (Å²) in [4.78, 5) is 4.44. The minimum Gasteiger partial charge on any atom is -0.311 e. The molecule has 0 amide bonds. The number of nitrogens with one attached hydrogen (secondary N) is 1. The van der Waals surface area contributed by atoms with Crippen molar-refractivity contribution in [3.05, 3.63) is 46.0 Å². The fourth-order valence-electron chi connectivity index (χ4n) is 2.21. The minimum atomic E-state index is 0.139. The molecule has 0 saturated carbocycles. The van der Waals surface area contributed by atoms with Gasteiger partial charge in [0.1, 0.15) is 5.15 Å². The Kier molecular flexibility index (Phi) is 4.22. The van der Waals surface area contributed by atoms with E-state index in [0.717, 1.165) is 23.4 Å². The van der Waals surface area contributed by atoms with Gasteiger partial charge in [-0.15, -0.1) is 0 Å². The predicted molar refractivity (Wildman–Crippen MR) is 77.4 cm³/mol. The zero-order chi connectivity index (χ0) is 14.0. The van der Waals surface area contributed by atoms with Gasteiger partial charge in [0, 0.05) is 18.8 Å². The van der Waals surface area contributed by atoms with Gasteiger partial charge in [0.15, 0.2) is 0 Å². The lowest BCUT2D eigenvalue weighted by Crippen LogP contribution is -2.20. The summed E-state index contributed by atoms with van der Waals surface area (Å²) >= 11 is 6.29. The van der Waals surface area contributed by atoms with Crippen LogP contribution in [0.5, 0.6) is 0 Å². The molecule has 4 nitrogen and oxygen atoms in total. The highest BCUT2D eigenvalue weighted by Crippen LogP contribution is 2.25. The van der Waals surface area contributed by atoms with Crippen LogP contribution in [0.25, 0.3) is 0 Å². The number of hydrogen-bond acceptors (Lipinski definition) is 3. The van der Waals surface area contributed by atoms with Crippen LogP contribution in [-0.2, 0) is 13.5 Å². The monoisotopic (exact) mass is 278 g/mol. The van der Waals surface area contributed by atoms with Gasteiger partial charge < -0.3 is 5.32 Å². The fourth-order valence-corrected chi connectivity index (χ4v) is 2.47. The summed E-state index contributed by atoms with van der Waals surface area (Å²) in [6.45, 7) is 4.05. The molecule has 1 atom stereocenters. The summed E-state index contributed by atoms with van der Waals surface area (Å²) in [5.41, 5.74) is 4.29. The second-order valence-electron chi connectivity index (χ2n) is 4.78. The molecule has 2 rings (SSSR count). The molecule has 102 valence electrons. The van der Waals surface area contributed by atoms with E-state index < -0.39 is 0 Å². The van der Waals surface area contributed by atoms with Gasteiger partial charge in [0.25, 0.3) is 0 Å². The van der Waals surface area contributed by atoms with Gasteiger partial charge in [0.2, 0.25) is 0 Å². The van der Waals surface area contributed by atoms with Crippen molar-refractivity contribution in [3.63, 3.8) is 0 Å². The maximum absolute atomic E-state index is 6.29. The molecule has 2 aromatic rings. The average molecular weight is 279 g/mol. The molecule has 0 fully saturated rings. The van der Waals surface area contributed by atoms with Crippen LogP contribution in [0.1, 0.15) is 28.6 Å². The summed E-state index contributed by atoms with van der Waals surface area (Å²) in [7, 11) is 3.80. The van der Waals surface area contributed by atoms with Crippen molar-refractivity contribution in [2.45, 2.75) is 26.3 Å². The molecule has 0 bridgehead atoms. The molecule has 5 heteroatoms. The third-order valence-electron chi connectivity index (χ3n) is 3.32. The molecule has 0 aromatic carbocycles. The average Bonchev–Trinajstić information content (AvgIpc) is 2.61. The topological polar surface area (TPSA) is 42.7 Å². The lowest BCUT2D eigenvalue weighted by atomic mass is 10.0. The highest BCUT2D eigenvalue weighted by molar-refractivity contribution is 6.30. The van der Waals surface area contributed by atoms with Gasteiger partial charge in [-0.2, -0.15) is 5.10 Å². The molecule has 0 spiro atoms. The summed E-state index contributed by atoms with van der Waals surface area (Å²) in [5.74, 6) is 0. The molecule has 0 aliphatic carbocycles. The van der Waals surface area contributed by atoms with E-state index in [9.17, 15) is 0 Å².